The number of hydrogen-bond donors (Lipinski definition) is 0. The molecule has 0 saturated carbocycles. The van der Waals surface area contributed by atoms with Gasteiger partial charge in [-0.15, -0.1) is 0 Å². The van der Waals surface area contributed by atoms with E-state index < -0.39 is 7.26 Å². The number of rotatable bonds is 5. The Morgan fingerprint density at radius 2 is 1.18 bits per heavy atom. The maximum absolute atomic E-state index is 5.48. The zero-order valence-electron chi connectivity index (χ0n) is 16.2. The molecule has 0 aromatic heterocycles. The van der Waals surface area contributed by atoms with E-state index in [9.17, 15) is 0 Å². The molecule has 0 aliphatic carbocycles. The summed E-state index contributed by atoms with van der Waals surface area (Å²) in [6.07, 6.45) is 0. The van der Waals surface area contributed by atoms with Crippen molar-refractivity contribution >= 4 is 23.2 Å². The van der Waals surface area contributed by atoms with Gasteiger partial charge in [-0.25, -0.2) is 0 Å². The maximum Gasteiger partial charge on any atom is 0.119 e. The van der Waals surface area contributed by atoms with Crippen LogP contribution < -0.4 is 20.7 Å². The van der Waals surface area contributed by atoms with Crippen LogP contribution in [0.25, 0.3) is 11.1 Å². The molecule has 138 valence electrons. The first-order valence-electron chi connectivity index (χ1n) is 9.45. The number of ether oxygens (including phenoxy) is 1. The molecule has 0 aliphatic heterocycles. The average molecular weight is 383 g/mol. The van der Waals surface area contributed by atoms with Crippen molar-refractivity contribution in [2.24, 2.45) is 0 Å². The highest BCUT2D eigenvalue weighted by Crippen LogP contribution is 2.53. The molecule has 4 aromatic rings. The summed E-state index contributed by atoms with van der Waals surface area (Å²) in [5, 5.41) is 4.16. The van der Waals surface area contributed by atoms with E-state index in [1.54, 1.807) is 7.11 Å². The Kier molecular flexibility index (Phi) is 5.28. The summed E-state index contributed by atoms with van der Waals surface area (Å²) in [7, 11) is -0.0756. The molecule has 28 heavy (non-hydrogen) atoms. The van der Waals surface area contributed by atoms with E-state index >= 15 is 0 Å². The van der Waals surface area contributed by atoms with Crippen LogP contribution in [0.3, 0.4) is 0 Å². The molecule has 0 spiro atoms. The average Bonchev–Trinajstić information content (AvgIpc) is 2.80. The lowest BCUT2D eigenvalue weighted by Gasteiger charge is -2.25. The summed E-state index contributed by atoms with van der Waals surface area (Å²) in [6.45, 7) is 2.43. The fourth-order valence-electron chi connectivity index (χ4n) is 3.78. The van der Waals surface area contributed by atoms with Crippen LogP contribution in [-0.4, -0.2) is 13.8 Å². The number of benzene rings is 4. The Morgan fingerprint density at radius 3 is 1.79 bits per heavy atom. The fraction of sp³-hybridized carbons (Fsp3) is 0.0769. The highest BCUT2D eigenvalue weighted by Gasteiger charge is 2.41. The summed E-state index contributed by atoms with van der Waals surface area (Å²) >= 11 is 0. The predicted octanol–water partition coefficient (Wildman–Crippen LogP) is 5.29. The summed E-state index contributed by atoms with van der Waals surface area (Å²) < 4.78 is 5.48. The van der Waals surface area contributed by atoms with E-state index in [0.717, 1.165) is 5.75 Å². The van der Waals surface area contributed by atoms with E-state index in [-0.39, 0.29) is 0 Å². The first kappa shape index (κ1) is 18.5. The highest BCUT2D eigenvalue weighted by atomic mass is 31.2. The minimum atomic E-state index is -1.79. The van der Waals surface area contributed by atoms with Gasteiger partial charge in [0.05, 0.1) is 13.8 Å². The van der Waals surface area contributed by atoms with Crippen LogP contribution in [-0.2, 0) is 0 Å². The van der Waals surface area contributed by atoms with E-state index in [2.05, 4.69) is 110 Å². The Bertz CT molecular complexity index is 1020. The molecule has 0 heterocycles. The van der Waals surface area contributed by atoms with Gasteiger partial charge in [-0.05, 0) is 48.0 Å². The second-order valence-electron chi connectivity index (χ2n) is 6.93. The monoisotopic (exact) mass is 383 g/mol. The molecule has 0 aliphatic rings. The second kappa shape index (κ2) is 8.00. The van der Waals surface area contributed by atoms with Gasteiger partial charge >= 0.3 is 0 Å². The fourth-order valence-corrected chi connectivity index (χ4v) is 7.24. The molecule has 0 fully saturated rings. The molecule has 0 saturated heterocycles. The normalized spacial score (nSPS) is 11.2. The van der Waals surface area contributed by atoms with Crippen LogP contribution in [0.5, 0.6) is 5.75 Å². The maximum atomic E-state index is 5.48. The van der Waals surface area contributed by atoms with Gasteiger partial charge < -0.3 is 4.74 Å². The number of hydrogen-bond acceptors (Lipinski definition) is 1. The molecule has 0 bridgehead atoms. The molecule has 0 atom stereocenters. The highest BCUT2D eigenvalue weighted by molar-refractivity contribution is 7.95. The van der Waals surface area contributed by atoms with Crippen molar-refractivity contribution in [1.29, 1.82) is 0 Å². The van der Waals surface area contributed by atoms with Crippen molar-refractivity contribution in [3.63, 3.8) is 0 Å². The zero-order valence-corrected chi connectivity index (χ0v) is 17.1. The van der Waals surface area contributed by atoms with Crippen LogP contribution in [0.4, 0.5) is 0 Å². The molecule has 4 rings (SSSR count). The van der Waals surface area contributed by atoms with Gasteiger partial charge in [0.1, 0.15) is 28.9 Å². The molecule has 0 unspecified atom stereocenters. The van der Waals surface area contributed by atoms with Crippen molar-refractivity contribution < 1.29 is 4.74 Å². The Labute approximate surface area is 168 Å². The van der Waals surface area contributed by atoms with Crippen LogP contribution in [0.1, 0.15) is 0 Å². The third-order valence-corrected chi connectivity index (χ3v) is 9.33. The van der Waals surface area contributed by atoms with Gasteiger partial charge in [-0.3, -0.25) is 0 Å². The standard InChI is InChI=1S/C26H24OP/c1-27-22-13-11-12-21(20-22)25-18-9-10-19-26(25)28(2,23-14-5-3-6-15-23)24-16-7-4-8-17-24/h3-20H,1-2H3/q+1. The van der Waals surface area contributed by atoms with E-state index in [4.69, 9.17) is 4.74 Å². The third kappa shape index (κ3) is 3.35. The van der Waals surface area contributed by atoms with E-state index in [0.29, 0.717) is 0 Å². The second-order valence-corrected chi connectivity index (χ2v) is 10.5. The minimum absolute atomic E-state index is 0.881. The molecule has 0 radical (unpaired) electrons. The molecular formula is C26H24OP+. The first-order valence-corrected chi connectivity index (χ1v) is 11.7. The largest absolute Gasteiger partial charge is 0.497 e. The SMILES string of the molecule is COc1cccc(-c2ccccc2[P+](C)(c2ccccc2)c2ccccc2)c1. The summed E-state index contributed by atoms with van der Waals surface area (Å²) in [4.78, 5) is 0. The van der Waals surface area contributed by atoms with Gasteiger partial charge in [0, 0.05) is 5.56 Å². The topological polar surface area (TPSA) is 9.23 Å². The zero-order chi connectivity index (χ0) is 19.4. The Hall–Kier alpha value is -2.89. The lowest BCUT2D eigenvalue weighted by Crippen LogP contribution is -2.31. The van der Waals surface area contributed by atoms with Crippen LogP contribution in [0, 0.1) is 0 Å². The van der Waals surface area contributed by atoms with Gasteiger partial charge in [0.15, 0.2) is 0 Å². The summed E-state index contributed by atoms with van der Waals surface area (Å²) in [5.41, 5.74) is 2.46. The van der Waals surface area contributed by atoms with Crippen molar-refractivity contribution in [3.8, 4) is 16.9 Å². The lowest BCUT2D eigenvalue weighted by atomic mass is 10.1. The van der Waals surface area contributed by atoms with E-state index in [1.165, 1.54) is 27.0 Å². The van der Waals surface area contributed by atoms with Crippen molar-refractivity contribution in [1.82, 2.24) is 0 Å². The molecule has 4 aromatic carbocycles. The predicted molar refractivity (Wildman–Crippen MR) is 123 cm³/mol. The van der Waals surface area contributed by atoms with Gasteiger partial charge in [-0.1, -0.05) is 66.7 Å². The van der Waals surface area contributed by atoms with Gasteiger partial charge in [-0.2, -0.15) is 0 Å². The Balaban J connectivity index is 1.99. The van der Waals surface area contributed by atoms with Crippen molar-refractivity contribution in [2.75, 3.05) is 13.8 Å². The molecule has 0 N–H and O–H groups in total. The van der Waals surface area contributed by atoms with Gasteiger partial charge in [0.2, 0.25) is 0 Å². The number of methoxy groups -OCH3 is 1. The van der Waals surface area contributed by atoms with Crippen LogP contribution in [0.2, 0.25) is 0 Å². The van der Waals surface area contributed by atoms with Crippen molar-refractivity contribution in [3.05, 3.63) is 109 Å². The summed E-state index contributed by atoms with van der Waals surface area (Å²) in [6, 6.07) is 39.0. The molecule has 2 heteroatoms. The quantitative estimate of drug-likeness (QED) is 0.426. The van der Waals surface area contributed by atoms with Crippen molar-refractivity contribution in [2.45, 2.75) is 0 Å². The first-order chi connectivity index (χ1) is 13.7. The summed E-state index contributed by atoms with van der Waals surface area (Å²) in [5.74, 6) is 0.881. The van der Waals surface area contributed by atoms with E-state index in [1.807, 2.05) is 6.07 Å². The third-order valence-electron chi connectivity index (χ3n) is 5.31. The van der Waals surface area contributed by atoms with Crippen LogP contribution >= 0.6 is 7.26 Å². The Morgan fingerprint density at radius 1 is 0.607 bits per heavy atom. The lowest BCUT2D eigenvalue weighted by molar-refractivity contribution is 0.415. The molecular weight excluding hydrogens is 359 g/mol. The smallest absolute Gasteiger partial charge is 0.119 e. The van der Waals surface area contributed by atoms with Gasteiger partial charge in [0.25, 0.3) is 0 Å². The van der Waals surface area contributed by atoms with Crippen LogP contribution in [0.15, 0.2) is 109 Å². The molecule has 0 amide bonds. The minimum Gasteiger partial charge on any atom is -0.497 e. The molecule has 1 nitrogen and oxygen atoms in total.